The highest BCUT2D eigenvalue weighted by molar-refractivity contribution is 5.92. The molecule has 0 aliphatic heterocycles. The maximum atomic E-state index is 4.77. The average molecular weight is 343 g/mol. The molecule has 4 aromatic rings. The van der Waals surface area contributed by atoms with E-state index in [1.54, 1.807) is 6.20 Å². The van der Waals surface area contributed by atoms with Crippen LogP contribution in [0.1, 0.15) is 24.6 Å². The number of hydrogen-bond acceptors (Lipinski definition) is 4. The van der Waals surface area contributed by atoms with Gasteiger partial charge in [0, 0.05) is 34.7 Å². The van der Waals surface area contributed by atoms with Gasteiger partial charge in [-0.05, 0) is 43.2 Å². The third kappa shape index (κ3) is 3.16. The molecular weight excluding hydrogens is 322 g/mol. The van der Waals surface area contributed by atoms with Gasteiger partial charge in [-0.1, -0.05) is 31.5 Å². The zero-order valence-corrected chi connectivity index (χ0v) is 15.0. The van der Waals surface area contributed by atoms with Crippen molar-refractivity contribution in [2.24, 2.45) is 0 Å². The van der Waals surface area contributed by atoms with E-state index >= 15 is 0 Å². The maximum absolute atomic E-state index is 4.77. The zero-order chi connectivity index (χ0) is 17.9. The molecule has 3 aromatic heterocycles. The molecule has 0 aliphatic rings. The van der Waals surface area contributed by atoms with Crippen LogP contribution in [0.4, 0.5) is 11.6 Å². The highest BCUT2D eigenvalue weighted by Gasteiger charge is 2.12. The van der Waals surface area contributed by atoms with E-state index < -0.39 is 0 Å². The number of nitrogens with zero attached hydrogens (tertiary/aromatic N) is 3. The fraction of sp³-hybridized carbons (Fsp3) is 0.190. The molecule has 0 aliphatic carbocycles. The number of aryl methyl sites for hydroxylation is 2. The fourth-order valence-corrected chi connectivity index (χ4v) is 3.08. The van der Waals surface area contributed by atoms with Crippen molar-refractivity contribution >= 4 is 22.7 Å². The summed E-state index contributed by atoms with van der Waals surface area (Å²) >= 11 is 0. The summed E-state index contributed by atoms with van der Waals surface area (Å²) in [4.78, 5) is 17.1. The Morgan fingerprint density at radius 3 is 2.81 bits per heavy atom. The number of hydrogen-bond donors (Lipinski definition) is 2. The van der Waals surface area contributed by atoms with Crippen LogP contribution < -0.4 is 5.32 Å². The SMILES string of the molecule is CCCc1cc(-c2c[nH]c3ncccc23)nc(Nc2ccccc2C)n1. The molecule has 4 rings (SSSR count). The van der Waals surface area contributed by atoms with E-state index in [-0.39, 0.29) is 0 Å². The van der Waals surface area contributed by atoms with Crippen molar-refractivity contribution in [3.63, 3.8) is 0 Å². The first-order chi connectivity index (χ1) is 12.7. The summed E-state index contributed by atoms with van der Waals surface area (Å²) in [6.07, 6.45) is 5.71. The summed E-state index contributed by atoms with van der Waals surface area (Å²) in [6.45, 7) is 4.23. The molecule has 0 radical (unpaired) electrons. The van der Waals surface area contributed by atoms with Crippen LogP contribution in [0.25, 0.3) is 22.3 Å². The van der Waals surface area contributed by atoms with E-state index in [0.717, 1.165) is 52.1 Å². The summed E-state index contributed by atoms with van der Waals surface area (Å²) in [6, 6.07) is 14.2. The van der Waals surface area contributed by atoms with Gasteiger partial charge >= 0.3 is 0 Å². The van der Waals surface area contributed by atoms with Gasteiger partial charge < -0.3 is 10.3 Å². The summed E-state index contributed by atoms with van der Waals surface area (Å²) in [7, 11) is 0. The summed E-state index contributed by atoms with van der Waals surface area (Å²) in [5.41, 5.74) is 6.03. The molecule has 3 heterocycles. The number of H-pyrrole nitrogens is 1. The van der Waals surface area contributed by atoms with Crippen LogP contribution >= 0.6 is 0 Å². The van der Waals surface area contributed by atoms with Crippen molar-refractivity contribution in [3.05, 3.63) is 66.1 Å². The Balaban J connectivity index is 1.80. The molecule has 0 fully saturated rings. The standard InChI is InChI=1S/C21H21N5/c1-3-7-15-12-19(17-13-23-20-16(17)9-6-11-22-20)26-21(24-15)25-18-10-5-4-8-14(18)2/h4-6,8-13H,3,7H2,1-2H3,(H,22,23)(H,24,25,26). The number of rotatable bonds is 5. The molecule has 130 valence electrons. The van der Waals surface area contributed by atoms with E-state index in [0.29, 0.717) is 5.95 Å². The van der Waals surface area contributed by atoms with E-state index in [9.17, 15) is 0 Å². The monoisotopic (exact) mass is 343 g/mol. The molecule has 2 N–H and O–H groups in total. The lowest BCUT2D eigenvalue weighted by molar-refractivity contribution is 0.876. The highest BCUT2D eigenvalue weighted by atomic mass is 15.1. The lowest BCUT2D eigenvalue weighted by atomic mass is 10.1. The maximum Gasteiger partial charge on any atom is 0.228 e. The van der Waals surface area contributed by atoms with Crippen LogP contribution in [0.15, 0.2) is 54.9 Å². The Bertz CT molecular complexity index is 1050. The van der Waals surface area contributed by atoms with Crippen molar-refractivity contribution in [1.29, 1.82) is 0 Å². The second kappa shape index (κ2) is 6.96. The fourth-order valence-electron chi connectivity index (χ4n) is 3.08. The van der Waals surface area contributed by atoms with E-state index in [1.165, 1.54) is 0 Å². The second-order valence-electron chi connectivity index (χ2n) is 6.36. The van der Waals surface area contributed by atoms with Gasteiger partial charge in [0.15, 0.2) is 0 Å². The lowest BCUT2D eigenvalue weighted by Crippen LogP contribution is -2.03. The summed E-state index contributed by atoms with van der Waals surface area (Å²) in [5.74, 6) is 0.624. The lowest BCUT2D eigenvalue weighted by Gasteiger charge is -2.11. The van der Waals surface area contributed by atoms with E-state index in [2.05, 4.69) is 47.3 Å². The number of aromatic nitrogens is 4. The molecule has 0 amide bonds. The van der Waals surface area contributed by atoms with Gasteiger partial charge in [-0.15, -0.1) is 0 Å². The van der Waals surface area contributed by atoms with Crippen LogP contribution in [0.3, 0.4) is 0 Å². The Kier molecular flexibility index (Phi) is 4.35. The third-order valence-corrected chi connectivity index (χ3v) is 4.40. The van der Waals surface area contributed by atoms with Gasteiger partial charge in [-0.3, -0.25) is 0 Å². The van der Waals surface area contributed by atoms with Gasteiger partial charge in [0.2, 0.25) is 5.95 Å². The van der Waals surface area contributed by atoms with Crippen molar-refractivity contribution in [2.45, 2.75) is 26.7 Å². The van der Waals surface area contributed by atoms with Crippen molar-refractivity contribution < 1.29 is 0 Å². The Labute approximate surface area is 152 Å². The van der Waals surface area contributed by atoms with Crippen molar-refractivity contribution in [1.82, 2.24) is 19.9 Å². The summed E-state index contributed by atoms with van der Waals surface area (Å²) < 4.78 is 0. The molecule has 0 unspecified atom stereocenters. The van der Waals surface area contributed by atoms with Crippen LogP contribution in [0.2, 0.25) is 0 Å². The molecular formula is C21H21N5. The number of aromatic amines is 1. The van der Waals surface area contributed by atoms with Crippen molar-refractivity contribution in [2.75, 3.05) is 5.32 Å². The number of nitrogens with one attached hydrogen (secondary N) is 2. The van der Waals surface area contributed by atoms with Gasteiger partial charge in [-0.2, -0.15) is 0 Å². The Hall–Kier alpha value is -3.21. The number of para-hydroxylation sites is 1. The minimum atomic E-state index is 0.624. The van der Waals surface area contributed by atoms with E-state index in [4.69, 9.17) is 9.97 Å². The molecule has 0 saturated carbocycles. The van der Waals surface area contributed by atoms with Crippen LogP contribution in [-0.4, -0.2) is 19.9 Å². The first-order valence-corrected chi connectivity index (χ1v) is 8.87. The third-order valence-electron chi connectivity index (χ3n) is 4.40. The zero-order valence-electron chi connectivity index (χ0n) is 15.0. The number of anilines is 2. The minimum Gasteiger partial charge on any atom is -0.345 e. The summed E-state index contributed by atoms with van der Waals surface area (Å²) in [5, 5.41) is 4.44. The molecule has 5 heteroatoms. The van der Waals surface area contributed by atoms with Gasteiger partial charge in [0.25, 0.3) is 0 Å². The van der Waals surface area contributed by atoms with Crippen LogP contribution in [-0.2, 0) is 6.42 Å². The first-order valence-electron chi connectivity index (χ1n) is 8.87. The molecule has 1 aromatic carbocycles. The minimum absolute atomic E-state index is 0.624. The topological polar surface area (TPSA) is 66.5 Å². The molecule has 0 spiro atoms. The van der Waals surface area contributed by atoms with E-state index in [1.807, 2.05) is 30.5 Å². The normalized spacial score (nSPS) is 11.0. The molecule has 0 bridgehead atoms. The number of pyridine rings is 1. The molecule has 26 heavy (non-hydrogen) atoms. The Morgan fingerprint density at radius 2 is 1.96 bits per heavy atom. The van der Waals surface area contributed by atoms with Crippen LogP contribution in [0.5, 0.6) is 0 Å². The van der Waals surface area contributed by atoms with Crippen molar-refractivity contribution in [3.8, 4) is 11.3 Å². The average Bonchev–Trinajstić information content (AvgIpc) is 3.08. The van der Waals surface area contributed by atoms with Gasteiger partial charge in [0.05, 0.1) is 5.69 Å². The number of benzene rings is 1. The quantitative estimate of drug-likeness (QED) is 0.534. The Morgan fingerprint density at radius 1 is 1.08 bits per heavy atom. The number of fused-ring (bicyclic) bond motifs is 1. The predicted molar refractivity (Wildman–Crippen MR) is 106 cm³/mol. The second-order valence-corrected chi connectivity index (χ2v) is 6.36. The predicted octanol–water partition coefficient (Wildman–Crippen LogP) is 5.02. The first kappa shape index (κ1) is 16.3. The van der Waals surface area contributed by atoms with Gasteiger partial charge in [0.1, 0.15) is 5.65 Å². The molecule has 0 atom stereocenters. The van der Waals surface area contributed by atoms with Gasteiger partial charge in [-0.25, -0.2) is 15.0 Å². The van der Waals surface area contributed by atoms with Crippen LogP contribution in [0, 0.1) is 6.92 Å². The molecule has 0 saturated heterocycles. The molecule has 5 nitrogen and oxygen atoms in total. The smallest absolute Gasteiger partial charge is 0.228 e. The largest absolute Gasteiger partial charge is 0.345 e. The highest BCUT2D eigenvalue weighted by Crippen LogP contribution is 2.28.